The van der Waals surface area contributed by atoms with E-state index in [1.165, 1.54) is 0 Å². The second-order valence-corrected chi connectivity index (χ2v) is 7.77. The molecule has 32 heavy (non-hydrogen) atoms. The fourth-order valence-corrected chi connectivity index (χ4v) is 3.22. The lowest BCUT2D eigenvalue weighted by molar-refractivity contribution is -0.0208. The summed E-state index contributed by atoms with van der Waals surface area (Å²) in [5, 5.41) is 41.1. The van der Waals surface area contributed by atoms with Crippen molar-refractivity contribution in [1.82, 2.24) is 9.80 Å². The first-order valence-corrected chi connectivity index (χ1v) is 11.8. The number of aliphatic hydroxyl groups is 4. The van der Waals surface area contributed by atoms with E-state index in [4.69, 9.17) is 18.9 Å². The Hall–Kier alpha value is -0.400. The summed E-state index contributed by atoms with van der Waals surface area (Å²) in [4.78, 5) is 3.90. The smallest absolute Gasteiger partial charge is 0.0900 e. The highest BCUT2D eigenvalue weighted by Crippen LogP contribution is 2.03. The third-order valence-corrected chi connectivity index (χ3v) is 4.67. The van der Waals surface area contributed by atoms with Gasteiger partial charge in [0.2, 0.25) is 0 Å². The van der Waals surface area contributed by atoms with Gasteiger partial charge in [0.1, 0.15) is 0 Å². The van der Waals surface area contributed by atoms with Crippen LogP contribution in [-0.2, 0) is 18.9 Å². The maximum atomic E-state index is 10.3. The SMILES string of the molecule is CCOCC(O)CN(CCN(CC(O)COCC)CC(O)COCC)CC(O)COCC. The van der Waals surface area contributed by atoms with Gasteiger partial charge in [0.05, 0.1) is 50.8 Å². The van der Waals surface area contributed by atoms with E-state index in [-0.39, 0.29) is 26.4 Å². The van der Waals surface area contributed by atoms with E-state index in [0.29, 0.717) is 65.7 Å². The van der Waals surface area contributed by atoms with Gasteiger partial charge in [0.25, 0.3) is 0 Å². The largest absolute Gasteiger partial charge is 0.389 e. The minimum atomic E-state index is -0.685. The molecule has 0 aromatic rings. The van der Waals surface area contributed by atoms with Crippen molar-refractivity contribution >= 4 is 0 Å². The van der Waals surface area contributed by atoms with Gasteiger partial charge in [-0.1, -0.05) is 0 Å². The molecular formula is C22H48N2O8. The number of hydrogen-bond donors (Lipinski definition) is 4. The predicted molar refractivity (Wildman–Crippen MR) is 123 cm³/mol. The molecule has 4 N–H and O–H groups in total. The van der Waals surface area contributed by atoms with Crippen LogP contribution in [0.25, 0.3) is 0 Å². The van der Waals surface area contributed by atoms with Crippen molar-refractivity contribution in [1.29, 1.82) is 0 Å². The van der Waals surface area contributed by atoms with Crippen molar-refractivity contribution in [3.8, 4) is 0 Å². The zero-order chi connectivity index (χ0) is 24.2. The fraction of sp³-hybridized carbons (Fsp3) is 1.00. The van der Waals surface area contributed by atoms with Crippen molar-refractivity contribution in [2.75, 3.05) is 92.1 Å². The maximum Gasteiger partial charge on any atom is 0.0900 e. The highest BCUT2D eigenvalue weighted by Gasteiger charge is 2.20. The van der Waals surface area contributed by atoms with Gasteiger partial charge in [-0.25, -0.2) is 0 Å². The summed E-state index contributed by atoms with van der Waals surface area (Å²) in [6, 6.07) is 0. The van der Waals surface area contributed by atoms with Crippen LogP contribution >= 0.6 is 0 Å². The summed E-state index contributed by atoms with van der Waals surface area (Å²) in [5.74, 6) is 0. The lowest BCUT2D eigenvalue weighted by atomic mass is 10.2. The Kier molecular flexibility index (Phi) is 20.9. The molecular weight excluding hydrogens is 420 g/mol. The van der Waals surface area contributed by atoms with Crippen LogP contribution in [-0.4, -0.2) is 147 Å². The summed E-state index contributed by atoms with van der Waals surface area (Å²) in [6.45, 7) is 12.8. The zero-order valence-electron chi connectivity index (χ0n) is 20.5. The molecule has 0 radical (unpaired) electrons. The van der Waals surface area contributed by atoms with Crippen LogP contribution in [0.3, 0.4) is 0 Å². The predicted octanol–water partition coefficient (Wildman–Crippen LogP) is -0.820. The quantitative estimate of drug-likeness (QED) is 0.151. The molecule has 194 valence electrons. The average molecular weight is 469 g/mol. The van der Waals surface area contributed by atoms with E-state index in [1.807, 2.05) is 37.5 Å². The van der Waals surface area contributed by atoms with Gasteiger partial charge >= 0.3 is 0 Å². The van der Waals surface area contributed by atoms with Crippen molar-refractivity contribution in [3.63, 3.8) is 0 Å². The van der Waals surface area contributed by atoms with E-state index < -0.39 is 24.4 Å². The molecule has 0 bridgehead atoms. The first kappa shape index (κ1) is 31.6. The average Bonchev–Trinajstić information content (AvgIpc) is 2.76. The Balaban J connectivity index is 4.98. The Morgan fingerprint density at radius 3 is 0.875 bits per heavy atom. The van der Waals surface area contributed by atoms with Crippen molar-refractivity contribution < 1.29 is 39.4 Å². The van der Waals surface area contributed by atoms with Crippen LogP contribution in [0.1, 0.15) is 27.7 Å². The van der Waals surface area contributed by atoms with Gasteiger partial charge < -0.3 is 39.4 Å². The van der Waals surface area contributed by atoms with Crippen molar-refractivity contribution in [2.45, 2.75) is 52.1 Å². The molecule has 4 atom stereocenters. The summed E-state index contributed by atoms with van der Waals surface area (Å²) in [6.07, 6.45) is -2.74. The molecule has 0 amide bonds. The lowest BCUT2D eigenvalue weighted by Gasteiger charge is -2.32. The molecule has 0 aliphatic carbocycles. The van der Waals surface area contributed by atoms with Gasteiger partial charge in [-0.15, -0.1) is 0 Å². The first-order chi connectivity index (χ1) is 15.4. The van der Waals surface area contributed by atoms with E-state index >= 15 is 0 Å². The third kappa shape index (κ3) is 18.1. The number of hydrogen-bond acceptors (Lipinski definition) is 10. The standard InChI is InChI=1S/C22H48N2O8/c1-5-29-15-19(25)11-23(12-20(26)16-30-6-2)9-10-24(13-21(27)17-31-7-3)14-22(28)18-32-8-4/h19-22,25-28H,5-18H2,1-4H3. The van der Waals surface area contributed by atoms with E-state index in [1.54, 1.807) is 0 Å². The summed E-state index contributed by atoms with van der Waals surface area (Å²) in [5.41, 5.74) is 0. The number of nitrogens with zero attached hydrogens (tertiary/aromatic N) is 2. The van der Waals surface area contributed by atoms with Crippen LogP contribution in [0.5, 0.6) is 0 Å². The summed E-state index contributed by atoms with van der Waals surface area (Å²) in [7, 11) is 0. The lowest BCUT2D eigenvalue weighted by Crippen LogP contribution is -2.47. The Morgan fingerprint density at radius 2 is 0.688 bits per heavy atom. The number of ether oxygens (including phenoxy) is 4. The highest BCUT2D eigenvalue weighted by atomic mass is 16.5. The molecule has 0 aromatic heterocycles. The van der Waals surface area contributed by atoms with Crippen LogP contribution < -0.4 is 0 Å². The Morgan fingerprint density at radius 1 is 0.469 bits per heavy atom. The first-order valence-electron chi connectivity index (χ1n) is 11.8. The molecule has 10 heteroatoms. The molecule has 0 heterocycles. The molecule has 0 spiro atoms. The minimum Gasteiger partial charge on any atom is -0.389 e. The molecule has 0 fully saturated rings. The summed E-state index contributed by atoms with van der Waals surface area (Å²) < 4.78 is 21.2. The normalized spacial score (nSPS) is 15.9. The van der Waals surface area contributed by atoms with Gasteiger partial charge in [-0.05, 0) is 27.7 Å². The molecule has 0 saturated heterocycles. The molecule has 0 aliphatic heterocycles. The molecule has 0 saturated carbocycles. The van der Waals surface area contributed by atoms with Crippen LogP contribution in [0.15, 0.2) is 0 Å². The monoisotopic (exact) mass is 468 g/mol. The Labute approximate surface area is 194 Å². The Bertz CT molecular complexity index is 340. The number of rotatable bonds is 23. The molecule has 0 aromatic carbocycles. The van der Waals surface area contributed by atoms with Crippen LogP contribution in [0, 0.1) is 0 Å². The molecule has 4 unspecified atom stereocenters. The molecule has 0 aliphatic rings. The summed E-state index contributed by atoms with van der Waals surface area (Å²) >= 11 is 0. The second kappa shape index (κ2) is 21.2. The van der Waals surface area contributed by atoms with Gasteiger partial charge in [-0.2, -0.15) is 0 Å². The van der Waals surface area contributed by atoms with Crippen molar-refractivity contribution in [2.24, 2.45) is 0 Å². The maximum absolute atomic E-state index is 10.3. The fourth-order valence-electron chi connectivity index (χ4n) is 3.22. The van der Waals surface area contributed by atoms with E-state index in [9.17, 15) is 20.4 Å². The highest BCUT2D eigenvalue weighted by molar-refractivity contribution is 4.74. The van der Waals surface area contributed by atoms with Gasteiger partial charge in [0.15, 0.2) is 0 Å². The zero-order valence-corrected chi connectivity index (χ0v) is 20.5. The molecule has 10 nitrogen and oxygen atoms in total. The van der Waals surface area contributed by atoms with Gasteiger partial charge in [0, 0.05) is 65.7 Å². The van der Waals surface area contributed by atoms with Crippen molar-refractivity contribution in [3.05, 3.63) is 0 Å². The third-order valence-electron chi connectivity index (χ3n) is 4.67. The second-order valence-electron chi connectivity index (χ2n) is 7.77. The topological polar surface area (TPSA) is 124 Å². The molecule has 0 rings (SSSR count). The van der Waals surface area contributed by atoms with E-state index in [2.05, 4.69) is 0 Å². The van der Waals surface area contributed by atoms with Gasteiger partial charge in [-0.3, -0.25) is 9.80 Å². The minimum absolute atomic E-state index is 0.221. The number of aliphatic hydroxyl groups excluding tert-OH is 4. The van der Waals surface area contributed by atoms with Crippen LogP contribution in [0.4, 0.5) is 0 Å². The van der Waals surface area contributed by atoms with Crippen LogP contribution in [0.2, 0.25) is 0 Å². The van der Waals surface area contributed by atoms with E-state index in [0.717, 1.165) is 0 Å².